The molecule has 0 heterocycles. The Hall–Kier alpha value is -0.723. The third-order valence-corrected chi connectivity index (χ3v) is 9.77. The highest BCUT2D eigenvalue weighted by molar-refractivity contribution is 6.73. The van der Waals surface area contributed by atoms with Gasteiger partial charge in [0.05, 0.1) is 0 Å². The highest BCUT2D eigenvalue weighted by Gasteiger charge is 2.32. The lowest BCUT2D eigenvalue weighted by atomic mass is 9.98. The van der Waals surface area contributed by atoms with Crippen molar-refractivity contribution in [3.8, 4) is 0 Å². The largest absolute Gasteiger partial charge is 0.538 e. The van der Waals surface area contributed by atoms with Crippen LogP contribution in [0.4, 0.5) is 0 Å². The topological polar surface area (TPSA) is 9.23 Å². The van der Waals surface area contributed by atoms with Crippen molar-refractivity contribution < 1.29 is 4.43 Å². The van der Waals surface area contributed by atoms with Crippen molar-refractivity contribution in [2.75, 3.05) is 0 Å². The first-order chi connectivity index (χ1) is 11.2. The SMILES string of the molecule is CCCCCCC=C=C(O[Si](CC)(CC)CC)C1=CCCCC1. The average molecular weight is 335 g/mol. The Bertz CT molecular complexity index is 403. The van der Waals surface area contributed by atoms with Gasteiger partial charge in [-0.1, -0.05) is 58.8 Å². The first-order valence-corrected chi connectivity index (χ1v) is 12.6. The van der Waals surface area contributed by atoms with Gasteiger partial charge in [0, 0.05) is 0 Å². The van der Waals surface area contributed by atoms with Crippen molar-refractivity contribution in [3.63, 3.8) is 0 Å². The third kappa shape index (κ3) is 7.14. The molecule has 0 bridgehead atoms. The Morgan fingerprint density at radius 1 is 1.09 bits per heavy atom. The maximum atomic E-state index is 6.70. The zero-order chi connectivity index (χ0) is 17.0. The molecule has 0 radical (unpaired) electrons. The molecule has 132 valence electrons. The summed E-state index contributed by atoms with van der Waals surface area (Å²) in [6.45, 7) is 9.18. The summed E-state index contributed by atoms with van der Waals surface area (Å²) in [6.07, 6.45) is 16.1. The van der Waals surface area contributed by atoms with E-state index in [0.717, 1.165) is 12.2 Å². The predicted octanol–water partition coefficient (Wildman–Crippen LogP) is 7.52. The zero-order valence-electron chi connectivity index (χ0n) is 16.0. The summed E-state index contributed by atoms with van der Waals surface area (Å²) in [5.74, 6) is 1.09. The van der Waals surface area contributed by atoms with Gasteiger partial charge in [0.15, 0.2) is 5.76 Å². The molecule has 0 aromatic heterocycles. The number of hydrogen-bond acceptors (Lipinski definition) is 1. The second kappa shape index (κ2) is 11.8. The van der Waals surface area contributed by atoms with Crippen molar-refractivity contribution in [1.82, 2.24) is 0 Å². The van der Waals surface area contributed by atoms with Crippen molar-refractivity contribution in [2.45, 2.75) is 104 Å². The Morgan fingerprint density at radius 3 is 2.39 bits per heavy atom. The minimum absolute atomic E-state index is 1.09. The molecular formula is C21H38OSi. The maximum Gasteiger partial charge on any atom is 0.251 e. The molecule has 0 saturated carbocycles. The minimum Gasteiger partial charge on any atom is -0.538 e. The van der Waals surface area contributed by atoms with Crippen LogP contribution in [0.1, 0.15) is 85.5 Å². The number of unbranched alkanes of at least 4 members (excludes halogenated alkanes) is 4. The van der Waals surface area contributed by atoms with E-state index in [9.17, 15) is 0 Å². The Kier molecular flexibility index (Phi) is 10.4. The van der Waals surface area contributed by atoms with Gasteiger partial charge in [-0.2, -0.15) is 0 Å². The van der Waals surface area contributed by atoms with E-state index in [-0.39, 0.29) is 0 Å². The summed E-state index contributed by atoms with van der Waals surface area (Å²) in [5, 5.41) is 0. The van der Waals surface area contributed by atoms with Crippen LogP contribution >= 0.6 is 0 Å². The van der Waals surface area contributed by atoms with Gasteiger partial charge in [-0.15, -0.1) is 0 Å². The first-order valence-electron chi connectivity index (χ1n) is 10.0. The normalized spacial score (nSPS) is 14.9. The highest BCUT2D eigenvalue weighted by atomic mass is 28.4. The molecule has 1 rings (SSSR count). The van der Waals surface area contributed by atoms with E-state index in [1.54, 1.807) is 0 Å². The molecule has 1 nitrogen and oxygen atoms in total. The van der Waals surface area contributed by atoms with Crippen LogP contribution in [0, 0.1) is 0 Å². The van der Waals surface area contributed by atoms with Gasteiger partial charge in [0.1, 0.15) is 0 Å². The summed E-state index contributed by atoms with van der Waals surface area (Å²) < 4.78 is 6.70. The molecule has 0 aromatic carbocycles. The lowest BCUT2D eigenvalue weighted by Gasteiger charge is -2.31. The molecule has 0 aliphatic heterocycles. The van der Waals surface area contributed by atoms with Gasteiger partial charge in [-0.05, 0) is 68.3 Å². The molecule has 0 amide bonds. The zero-order valence-corrected chi connectivity index (χ0v) is 17.0. The standard InChI is InChI=1S/C21H38OSi/c1-5-9-10-11-12-16-19-21(20-17-14-13-15-18-20)22-23(6-2,7-3)8-4/h16-17H,5-15,18H2,1-4H3. The first kappa shape index (κ1) is 20.3. The van der Waals surface area contributed by atoms with Gasteiger partial charge in [-0.3, -0.25) is 0 Å². The third-order valence-electron chi connectivity index (χ3n) is 5.27. The lowest BCUT2D eigenvalue weighted by Crippen LogP contribution is -2.35. The van der Waals surface area contributed by atoms with E-state index < -0.39 is 8.32 Å². The lowest BCUT2D eigenvalue weighted by molar-refractivity contribution is 0.408. The fourth-order valence-electron chi connectivity index (χ4n) is 3.25. The van der Waals surface area contributed by atoms with Gasteiger partial charge >= 0.3 is 0 Å². The second-order valence-electron chi connectivity index (χ2n) is 6.85. The molecular weight excluding hydrogens is 296 g/mol. The van der Waals surface area contributed by atoms with Gasteiger partial charge in [0.2, 0.25) is 0 Å². The number of rotatable bonds is 11. The van der Waals surface area contributed by atoms with Gasteiger partial charge in [0.25, 0.3) is 8.32 Å². The molecule has 0 fully saturated rings. The smallest absolute Gasteiger partial charge is 0.251 e. The molecule has 0 N–H and O–H groups in total. The van der Waals surface area contributed by atoms with Crippen LogP contribution in [-0.2, 0) is 4.43 Å². The summed E-state index contributed by atoms with van der Waals surface area (Å²) in [4.78, 5) is 0. The molecule has 1 aliphatic carbocycles. The molecule has 0 atom stereocenters. The summed E-state index contributed by atoms with van der Waals surface area (Å²) in [6, 6.07) is 3.61. The minimum atomic E-state index is -1.61. The highest BCUT2D eigenvalue weighted by Crippen LogP contribution is 2.31. The predicted molar refractivity (Wildman–Crippen MR) is 105 cm³/mol. The molecule has 23 heavy (non-hydrogen) atoms. The van der Waals surface area contributed by atoms with Crippen LogP contribution in [0.25, 0.3) is 0 Å². The van der Waals surface area contributed by atoms with Gasteiger partial charge in [-0.25, -0.2) is 0 Å². The van der Waals surface area contributed by atoms with Gasteiger partial charge < -0.3 is 4.43 Å². The van der Waals surface area contributed by atoms with E-state index in [4.69, 9.17) is 4.43 Å². The molecule has 2 heteroatoms. The quantitative estimate of drug-likeness (QED) is 0.164. The van der Waals surface area contributed by atoms with E-state index in [1.165, 1.54) is 75.1 Å². The van der Waals surface area contributed by atoms with E-state index in [1.807, 2.05) is 0 Å². The van der Waals surface area contributed by atoms with Crippen molar-refractivity contribution in [2.24, 2.45) is 0 Å². The molecule has 0 aromatic rings. The van der Waals surface area contributed by atoms with E-state index >= 15 is 0 Å². The molecule has 0 saturated heterocycles. The molecule has 1 aliphatic rings. The van der Waals surface area contributed by atoms with E-state index in [0.29, 0.717) is 0 Å². The van der Waals surface area contributed by atoms with Crippen LogP contribution < -0.4 is 0 Å². The van der Waals surface area contributed by atoms with Crippen LogP contribution in [0.3, 0.4) is 0 Å². The number of hydrogen-bond donors (Lipinski definition) is 0. The van der Waals surface area contributed by atoms with Crippen molar-refractivity contribution >= 4 is 8.32 Å². The Labute approximate surface area is 146 Å². The van der Waals surface area contributed by atoms with Crippen LogP contribution in [-0.4, -0.2) is 8.32 Å². The summed E-state index contributed by atoms with van der Waals surface area (Å²) >= 11 is 0. The van der Waals surface area contributed by atoms with Crippen LogP contribution in [0.2, 0.25) is 18.1 Å². The molecule has 0 spiro atoms. The van der Waals surface area contributed by atoms with Crippen molar-refractivity contribution in [3.05, 3.63) is 29.2 Å². The monoisotopic (exact) mass is 334 g/mol. The Balaban J connectivity index is 2.84. The van der Waals surface area contributed by atoms with Crippen LogP contribution in [0.15, 0.2) is 29.2 Å². The molecule has 0 unspecified atom stereocenters. The second-order valence-corrected chi connectivity index (χ2v) is 11.5. The maximum absolute atomic E-state index is 6.70. The number of allylic oxidation sites excluding steroid dienone is 2. The summed E-state index contributed by atoms with van der Waals surface area (Å²) in [7, 11) is -1.61. The van der Waals surface area contributed by atoms with E-state index in [2.05, 4.69) is 45.6 Å². The average Bonchev–Trinajstić information content (AvgIpc) is 2.62. The Morgan fingerprint density at radius 2 is 1.83 bits per heavy atom. The van der Waals surface area contributed by atoms with Crippen molar-refractivity contribution in [1.29, 1.82) is 0 Å². The van der Waals surface area contributed by atoms with Crippen LogP contribution in [0.5, 0.6) is 0 Å². The fraction of sp³-hybridized carbons (Fsp3) is 0.762. The fourth-order valence-corrected chi connectivity index (χ4v) is 5.81. The summed E-state index contributed by atoms with van der Waals surface area (Å²) in [5.41, 5.74) is 4.98.